The van der Waals surface area contributed by atoms with Gasteiger partial charge in [0.15, 0.2) is 0 Å². The summed E-state index contributed by atoms with van der Waals surface area (Å²) in [5, 5.41) is 11.1. The lowest BCUT2D eigenvalue weighted by molar-refractivity contribution is -0.144. The average Bonchev–Trinajstić information content (AvgIpc) is 2.95. The van der Waals surface area contributed by atoms with E-state index >= 15 is 0 Å². The monoisotopic (exact) mass is 334 g/mol. The molecular weight excluding hydrogens is 320 g/mol. The summed E-state index contributed by atoms with van der Waals surface area (Å²) in [5.41, 5.74) is -1.87. The van der Waals surface area contributed by atoms with Crippen LogP contribution in [0.4, 0.5) is 23.2 Å². The Bertz CT molecular complexity index is 619. The number of halogens is 4. The maximum absolute atomic E-state index is 13.2. The number of carbonyl (C=O) groups is 2. The van der Waals surface area contributed by atoms with Gasteiger partial charge < -0.3 is 15.3 Å². The van der Waals surface area contributed by atoms with Crippen LogP contribution in [0.15, 0.2) is 18.2 Å². The second-order valence-corrected chi connectivity index (χ2v) is 5.12. The van der Waals surface area contributed by atoms with Crippen molar-refractivity contribution >= 4 is 17.5 Å². The van der Waals surface area contributed by atoms with E-state index in [1.54, 1.807) is 0 Å². The van der Waals surface area contributed by atoms with Crippen molar-refractivity contribution in [2.75, 3.05) is 18.5 Å². The number of alkyl halides is 3. The van der Waals surface area contributed by atoms with Crippen LogP contribution in [0.3, 0.4) is 0 Å². The Morgan fingerprint density at radius 2 is 2.04 bits per heavy atom. The molecule has 5 nitrogen and oxygen atoms in total. The van der Waals surface area contributed by atoms with E-state index in [4.69, 9.17) is 5.11 Å². The molecule has 23 heavy (non-hydrogen) atoms. The molecule has 2 N–H and O–H groups in total. The molecule has 1 atom stereocenters. The molecule has 2 amide bonds. The van der Waals surface area contributed by atoms with E-state index in [9.17, 15) is 27.2 Å². The van der Waals surface area contributed by atoms with Gasteiger partial charge in [0.2, 0.25) is 0 Å². The first-order valence-corrected chi connectivity index (χ1v) is 6.83. The molecule has 1 aliphatic heterocycles. The molecule has 1 fully saturated rings. The van der Waals surface area contributed by atoms with Crippen LogP contribution >= 0.6 is 0 Å². The first-order chi connectivity index (χ1) is 10.7. The fraction of sp³-hybridized carbons (Fsp3) is 0.429. The van der Waals surface area contributed by atoms with Gasteiger partial charge in [-0.05, 0) is 31.0 Å². The summed E-state index contributed by atoms with van der Waals surface area (Å²) >= 11 is 0. The number of anilines is 1. The Hall–Kier alpha value is -2.16. The van der Waals surface area contributed by atoms with Crippen LogP contribution in [0.1, 0.15) is 18.4 Å². The SMILES string of the molecule is O=C(Nc1ccc(F)c(C(F)(F)F)c1)C(=O)N1CCC[C@@H]1CO. The Balaban J connectivity index is 2.13. The van der Waals surface area contributed by atoms with E-state index in [2.05, 4.69) is 0 Å². The molecule has 0 spiro atoms. The molecule has 2 rings (SSSR count). The third kappa shape index (κ3) is 3.79. The third-order valence-corrected chi connectivity index (χ3v) is 3.57. The van der Waals surface area contributed by atoms with Crippen molar-refractivity contribution in [1.29, 1.82) is 0 Å². The highest BCUT2D eigenvalue weighted by atomic mass is 19.4. The second-order valence-electron chi connectivity index (χ2n) is 5.12. The molecular formula is C14H14F4N2O3. The van der Waals surface area contributed by atoms with Gasteiger partial charge in [-0.3, -0.25) is 9.59 Å². The number of benzene rings is 1. The molecule has 0 bridgehead atoms. The molecule has 0 unspecified atom stereocenters. The number of aliphatic hydroxyl groups excluding tert-OH is 1. The van der Waals surface area contributed by atoms with Crippen molar-refractivity contribution in [3.8, 4) is 0 Å². The summed E-state index contributed by atoms with van der Waals surface area (Å²) in [5.74, 6) is -3.55. The van der Waals surface area contributed by atoms with Crippen molar-refractivity contribution in [1.82, 2.24) is 4.90 Å². The maximum atomic E-state index is 13.2. The van der Waals surface area contributed by atoms with Crippen LogP contribution in [0.2, 0.25) is 0 Å². The molecule has 126 valence electrons. The first-order valence-electron chi connectivity index (χ1n) is 6.83. The van der Waals surface area contributed by atoms with Gasteiger partial charge in [0.25, 0.3) is 0 Å². The lowest BCUT2D eigenvalue weighted by Gasteiger charge is -2.22. The first kappa shape index (κ1) is 17.2. The van der Waals surface area contributed by atoms with Crippen LogP contribution in [0.25, 0.3) is 0 Å². The Kier molecular flexibility index (Phi) is 4.88. The van der Waals surface area contributed by atoms with Gasteiger partial charge in [0, 0.05) is 12.2 Å². The molecule has 1 saturated heterocycles. The van der Waals surface area contributed by atoms with Gasteiger partial charge in [-0.1, -0.05) is 0 Å². The molecule has 0 saturated carbocycles. The number of amides is 2. The van der Waals surface area contributed by atoms with Gasteiger partial charge >= 0.3 is 18.0 Å². The smallest absolute Gasteiger partial charge is 0.394 e. The highest BCUT2D eigenvalue weighted by Gasteiger charge is 2.35. The van der Waals surface area contributed by atoms with E-state index in [0.717, 1.165) is 6.07 Å². The number of likely N-dealkylation sites (tertiary alicyclic amines) is 1. The Morgan fingerprint density at radius 3 is 2.65 bits per heavy atom. The van der Waals surface area contributed by atoms with Crippen molar-refractivity contribution in [2.45, 2.75) is 25.1 Å². The number of aliphatic hydroxyl groups is 1. The molecule has 9 heteroatoms. The maximum Gasteiger partial charge on any atom is 0.419 e. The average molecular weight is 334 g/mol. The number of nitrogens with zero attached hydrogens (tertiary/aromatic N) is 1. The predicted molar refractivity (Wildman–Crippen MR) is 71.9 cm³/mol. The molecule has 1 heterocycles. The van der Waals surface area contributed by atoms with Crippen molar-refractivity contribution in [3.05, 3.63) is 29.6 Å². The topological polar surface area (TPSA) is 69.6 Å². The zero-order chi connectivity index (χ0) is 17.2. The van der Waals surface area contributed by atoms with Gasteiger partial charge in [0.05, 0.1) is 18.2 Å². The van der Waals surface area contributed by atoms with Gasteiger partial charge in [0.1, 0.15) is 5.82 Å². The zero-order valence-corrected chi connectivity index (χ0v) is 11.9. The fourth-order valence-corrected chi connectivity index (χ4v) is 2.43. The summed E-state index contributed by atoms with van der Waals surface area (Å²) in [4.78, 5) is 25.0. The van der Waals surface area contributed by atoms with Gasteiger partial charge in [-0.2, -0.15) is 13.2 Å². The third-order valence-electron chi connectivity index (χ3n) is 3.57. The molecule has 0 aromatic heterocycles. The number of nitrogens with one attached hydrogen (secondary N) is 1. The summed E-state index contributed by atoms with van der Waals surface area (Å²) in [6, 6.07) is 1.44. The van der Waals surface area contributed by atoms with Crippen LogP contribution < -0.4 is 5.32 Å². The van der Waals surface area contributed by atoms with Gasteiger partial charge in [-0.25, -0.2) is 4.39 Å². The Morgan fingerprint density at radius 1 is 1.35 bits per heavy atom. The quantitative estimate of drug-likeness (QED) is 0.640. The van der Waals surface area contributed by atoms with Crippen LogP contribution in [0, 0.1) is 5.82 Å². The van der Waals surface area contributed by atoms with Crippen LogP contribution in [-0.2, 0) is 15.8 Å². The lowest BCUT2D eigenvalue weighted by Crippen LogP contribution is -2.43. The number of carbonyl (C=O) groups excluding carboxylic acids is 2. The molecule has 1 aromatic carbocycles. The van der Waals surface area contributed by atoms with E-state index in [1.807, 2.05) is 5.32 Å². The molecule has 1 aromatic rings. The van der Waals surface area contributed by atoms with Crippen molar-refractivity contribution in [2.24, 2.45) is 0 Å². The van der Waals surface area contributed by atoms with Crippen LogP contribution in [-0.4, -0.2) is 41.0 Å². The van der Waals surface area contributed by atoms with E-state index in [0.29, 0.717) is 25.0 Å². The minimum absolute atomic E-state index is 0.286. The van der Waals surface area contributed by atoms with E-state index in [-0.39, 0.29) is 18.8 Å². The summed E-state index contributed by atoms with van der Waals surface area (Å²) in [6.45, 7) is -0.0114. The lowest BCUT2D eigenvalue weighted by atomic mass is 10.1. The summed E-state index contributed by atoms with van der Waals surface area (Å²) in [7, 11) is 0. The predicted octanol–water partition coefficient (Wildman–Crippen LogP) is 1.77. The van der Waals surface area contributed by atoms with Crippen molar-refractivity contribution < 1.29 is 32.3 Å². The van der Waals surface area contributed by atoms with Gasteiger partial charge in [-0.15, -0.1) is 0 Å². The minimum atomic E-state index is -4.91. The summed E-state index contributed by atoms with van der Waals surface area (Å²) in [6.07, 6.45) is -3.74. The fourth-order valence-electron chi connectivity index (χ4n) is 2.43. The largest absolute Gasteiger partial charge is 0.419 e. The normalized spacial score (nSPS) is 18.1. The van der Waals surface area contributed by atoms with E-state index < -0.39 is 35.4 Å². The van der Waals surface area contributed by atoms with E-state index in [1.165, 1.54) is 4.90 Å². The Labute approximate surface area is 128 Å². The number of hydrogen-bond acceptors (Lipinski definition) is 3. The highest BCUT2D eigenvalue weighted by Crippen LogP contribution is 2.33. The minimum Gasteiger partial charge on any atom is -0.394 e. The number of rotatable bonds is 2. The molecule has 0 aliphatic carbocycles. The number of hydrogen-bond donors (Lipinski definition) is 2. The zero-order valence-electron chi connectivity index (χ0n) is 11.9. The highest BCUT2D eigenvalue weighted by molar-refractivity contribution is 6.39. The van der Waals surface area contributed by atoms with Crippen LogP contribution in [0.5, 0.6) is 0 Å². The van der Waals surface area contributed by atoms with Crippen molar-refractivity contribution in [3.63, 3.8) is 0 Å². The standard InChI is InChI=1S/C14H14F4N2O3/c15-11-4-3-8(6-10(11)14(16,17)18)19-12(22)13(23)20-5-1-2-9(20)7-21/h3-4,6,9,21H,1-2,5,7H2,(H,19,22)/t9-/m1/s1. The summed E-state index contributed by atoms with van der Waals surface area (Å²) < 4.78 is 51.0. The second kappa shape index (κ2) is 6.53. The molecule has 0 radical (unpaired) electrons. The molecule has 1 aliphatic rings.